The Bertz CT molecular complexity index is 987. The number of aliphatic hydroxyl groups is 1. The number of aromatic nitrogens is 2. The van der Waals surface area contributed by atoms with Gasteiger partial charge in [-0.15, -0.1) is 0 Å². The smallest absolute Gasteiger partial charge is 0.147 e. The van der Waals surface area contributed by atoms with Crippen molar-refractivity contribution < 1.29 is 13.9 Å². The zero-order valence-electron chi connectivity index (χ0n) is 11.4. The van der Waals surface area contributed by atoms with Crippen LogP contribution in [0.5, 0.6) is 0 Å². The van der Waals surface area contributed by atoms with Crippen molar-refractivity contribution in [1.29, 1.82) is 0 Å². The minimum Gasteiger partial charge on any atom is -0.382 e. The molecule has 0 amide bonds. The molecule has 4 rings (SSSR count). The summed E-state index contributed by atoms with van der Waals surface area (Å²) in [4.78, 5) is 5.85. The average Bonchev–Trinajstić information content (AvgIpc) is 3.10. The predicted molar refractivity (Wildman–Crippen MR) is 80.6 cm³/mol. The molecule has 3 N–H and O–H groups in total. The largest absolute Gasteiger partial charge is 0.382 e. The first-order valence-corrected chi connectivity index (χ1v) is 6.85. The van der Waals surface area contributed by atoms with Gasteiger partial charge in [0.1, 0.15) is 17.7 Å². The first-order valence-electron chi connectivity index (χ1n) is 6.85. The number of rotatable bonds is 2. The van der Waals surface area contributed by atoms with Crippen LogP contribution < -0.4 is 0 Å². The molecule has 0 spiro atoms. The van der Waals surface area contributed by atoms with Gasteiger partial charge in [0.15, 0.2) is 0 Å². The summed E-state index contributed by atoms with van der Waals surface area (Å²) in [6, 6.07) is 10.9. The third-order valence-corrected chi connectivity index (χ3v) is 3.89. The molecule has 1 unspecified atom stereocenters. The monoisotopic (exact) mass is 298 g/mol. The molecule has 110 valence electrons. The van der Waals surface area contributed by atoms with E-state index in [2.05, 4.69) is 9.97 Å². The molecule has 5 heteroatoms. The number of hydrogen-bond donors (Lipinski definition) is 3. The third-order valence-electron chi connectivity index (χ3n) is 3.89. The zero-order valence-corrected chi connectivity index (χ0v) is 11.4. The molecule has 22 heavy (non-hydrogen) atoms. The van der Waals surface area contributed by atoms with Crippen LogP contribution in [0.3, 0.4) is 0 Å². The summed E-state index contributed by atoms with van der Waals surface area (Å²) in [5.74, 6) is -0.709. The summed E-state index contributed by atoms with van der Waals surface area (Å²) in [5.41, 5.74) is 2.08. The Balaban J connectivity index is 1.84. The summed E-state index contributed by atoms with van der Waals surface area (Å²) in [6.07, 6.45) is 0.635. The SMILES string of the molecule is OC(c1cc2ccc(F)cc2[nH]1)c1c[nH]c2c(F)cccc12. The summed E-state index contributed by atoms with van der Waals surface area (Å²) >= 11 is 0. The van der Waals surface area contributed by atoms with Crippen molar-refractivity contribution in [3.05, 3.63) is 71.6 Å². The van der Waals surface area contributed by atoms with Gasteiger partial charge in [0.25, 0.3) is 0 Å². The van der Waals surface area contributed by atoms with Gasteiger partial charge < -0.3 is 15.1 Å². The van der Waals surface area contributed by atoms with Crippen molar-refractivity contribution in [3.8, 4) is 0 Å². The second-order valence-corrected chi connectivity index (χ2v) is 5.27. The predicted octanol–water partition coefficient (Wildman–Crippen LogP) is 4.01. The van der Waals surface area contributed by atoms with E-state index < -0.39 is 6.10 Å². The van der Waals surface area contributed by atoms with Crippen molar-refractivity contribution in [2.45, 2.75) is 6.10 Å². The summed E-state index contributed by atoms with van der Waals surface area (Å²) < 4.78 is 27.0. The van der Waals surface area contributed by atoms with E-state index in [0.29, 0.717) is 27.7 Å². The Hall–Kier alpha value is -2.66. The Morgan fingerprint density at radius 3 is 2.77 bits per heavy atom. The maximum atomic E-state index is 13.7. The third kappa shape index (κ3) is 1.90. The lowest BCUT2D eigenvalue weighted by Crippen LogP contribution is -1.98. The van der Waals surface area contributed by atoms with Gasteiger partial charge in [-0.3, -0.25) is 0 Å². The minimum atomic E-state index is -0.953. The fourth-order valence-corrected chi connectivity index (χ4v) is 2.80. The van der Waals surface area contributed by atoms with E-state index in [-0.39, 0.29) is 11.6 Å². The Morgan fingerprint density at radius 2 is 1.91 bits per heavy atom. The van der Waals surface area contributed by atoms with E-state index in [1.807, 2.05) is 0 Å². The van der Waals surface area contributed by atoms with Crippen LogP contribution in [0.4, 0.5) is 8.78 Å². The summed E-state index contributed by atoms with van der Waals surface area (Å²) in [7, 11) is 0. The molecule has 2 aromatic carbocycles. The van der Waals surface area contributed by atoms with Gasteiger partial charge in [-0.25, -0.2) is 8.78 Å². The van der Waals surface area contributed by atoms with E-state index >= 15 is 0 Å². The molecule has 0 radical (unpaired) electrons. The van der Waals surface area contributed by atoms with E-state index in [0.717, 1.165) is 5.39 Å². The molecule has 0 aliphatic rings. The second kappa shape index (κ2) is 4.68. The van der Waals surface area contributed by atoms with Gasteiger partial charge in [-0.1, -0.05) is 12.1 Å². The maximum absolute atomic E-state index is 13.7. The van der Waals surface area contributed by atoms with Gasteiger partial charge >= 0.3 is 0 Å². The van der Waals surface area contributed by atoms with Crippen LogP contribution in [0.25, 0.3) is 21.8 Å². The number of aromatic amines is 2. The lowest BCUT2D eigenvalue weighted by molar-refractivity contribution is 0.218. The van der Waals surface area contributed by atoms with Gasteiger partial charge in [0, 0.05) is 28.4 Å². The number of fused-ring (bicyclic) bond motifs is 2. The molecule has 4 aromatic rings. The second-order valence-electron chi connectivity index (χ2n) is 5.27. The Labute approximate surface area is 124 Å². The number of hydrogen-bond acceptors (Lipinski definition) is 1. The van der Waals surface area contributed by atoms with E-state index in [1.165, 1.54) is 18.2 Å². The molecule has 0 bridgehead atoms. The molecule has 0 fully saturated rings. The Morgan fingerprint density at radius 1 is 1.05 bits per heavy atom. The van der Waals surface area contributed by atoms with Crippen molar-refractivity contribution in [2.75, 3.05) is 0 Å². The maximum Gasteiger partial charge on any atom is 0.147 e. The van der Waals surface area contributed by atoms with E-state index in [1.54, 1.807) is 30.5 Å². The van der Waals surface area contributed by atoms with Crippen LogP contribution >= 0.6 is 0 Å². The standard InChI is InChI=1S/C17H12F2N2O/c18-10-5-4-9-6-15(21-14(9)7-10)17(22)12-8-20-16-11(12)2-1-3-13(16)19/h1-8,17,20-22H. The van der Waals surface area contributed by atoms with Crippen LogP contribution in [0.1, 0.15) is 17.4 Å². The lowest BCUT2D eigenvalue weighted by Gasteiger charge is -2.07. The first-order chi connectivity index (χ1) is 10.6. The molecule has 1 atom stereocenters. The molecule has 2 aromatic heterocycles. The molecular weight excluding hydrogens is 286 g/mol. The quantitative estimate of drug-likeness (QED) is 0.514. The van der Waals surface area contributed by atoms with E-state index in [9.17, 15) is 13.9 Å². The van der Waals surface area contributed by atoms with Crippen molar-refractivity contribution >= 4 is 21.8 Å². The number of aliphatic hydroxyl groups excluding tert-OH is 1. The number of nitrogens with one attached hydrogen (secondary N) is 2. The number of benzene rings is 2. The molecule has 0 saturated heterocycles. The van der Waals surface area contributed by atoms with E-state index in [4.69, 9.17) is 0 Å². The van der Waals surface area contributed by atoms with Crippen LogP contribution in [-0.4, -0.2) is 15.1 Å². The highest BCUT2D eigenvalue weighted by Gasteiger charge is 2.18. The van der Waals surface area contributed by atoms with Gasteiger partial charge in [-0.05, 0) is 35.7 Å². The first kappa shape index (κ1) is 13.0. The van der Waals surface area contributed by atoms with Gasteiger partial charge in [-0.2, -0.15) is 0 Å². The normalized spacial score (nSPS) is 13.0. The highest BCUT2D eigenvalue weighted by Crippen LogP contribution is 2.31. The molecule has 0 aliphatic heterocycles. The molecular formula is C17H12F2N2O. The molecule has 3 nitrogen and oxygen atoms in total. The number of para-hydroxylation sites is 1. The van der Waals surface area contributed by atoms with Gasteiger partial charge in [0.2, 0.25) is 0 Å². The fraction of sp³-hybridized carbons (Fsp3) is 0.0588. The number of H-pyrrole nitrogens is 2. The van der Waals surface area contributed by atoms with Crippen molar-refractivity contribution in [2.24, 2.45) is 0 Å². The van der Waals surface area contributed by atoms with Crippen LogP contribution in [0, 0.1) is 11.6 Å². The summed E-state index contributed by atoms with van der Waals surface area (Å²) in [6.45, 7) is 0. The molecule has 2 heterocycles. The topological polar surface area (TPSA) is 51.8 Å². The number of halogens is 2. The van der Waals surface area contributed by atoms with Crippen LogP contribution in [0.15, 0.2) is 48.7 Å². The van der Waals surface area contributed by atoms with Crippen molar-refractivity contribution in [3.63, 3.8) is 0 Å². The van der Waals surface area contributed by atoms with Crippen LogP contribution in [-0.2, 0) is 0 Å². The summed E-state index contributed by atoms with van der Waals surface area (Å²) in [5, 5.41) is 12.0. The van der Waals surface area contributed by atoms with Gasteiger partial charge in [0.05, 0.1) is 5.52 Å². The van der Waals surface area contributed by atoms with Crippen LogP contribution in [0.2, 0.25) is 0 Å². The zero-order chi connectivity index (χ0) is 15.3. The molecule has 0 saturated carbocycles. The van der Waals surface area contributed by atoms with Crippen molar-refractivity contribution in [1.82, 2.24) is 9.97 Å². The minimum absolute atomic E-state index is 0.343. The molecule has 0 aliphatic carbocycles. The average molecular weight is 298 g/mol. The lowest BCUT2D eigenvalue weighted by atomic mass is 10.1. The fourth-order valence-electron chi connectivity index (χ4n) is 2.80. The highest BCUT2D eigenvalue weighted by atomic mass is 19.1. The Kier molecular flexibility index (Phi) is 2.77. The highest BCUT2D eigenvalue weighted by molar-refractivity contribution is 5.85.